The first-order valence-electron chi connectivity index (χ1n) is 9.10. The predicted octanol–water partition coefficient (Wildman–Crippen LogP) is 4.54. The third-order valence-electron chi connectivity index (χ3n) is 4.94. The van der Waals surface area contributed by atoms with Gasteiger partial charge in [0.25, 0.3) is 0 Å². The van der Waals surface area contributed by atoms with E-state index in [2.05, 4.69) is 62.2 Å². The SMILES string of the molecule is CC(C)N1c2ccc(/C=N/NC(=O)c3ccco3)cc2[C@H](C)CC1(C)C. The molecule has 26 heavy (non-hydrogen) atoms. The lowest BCUT2D eigenvalue weighted by Gasteiger charge is -2.50. The minimum absolute atomic E-state index is 0.132. The van der Waals surface area contributed by atoms with Gasteiger partial charge in [-0.1, -0.05) is 13.0 Å². The second-order valence-corrected chi connectivity index (χ2v) is 7.88. The van der Waals surface area contributed by atoms with E-state index in [1.807, 2.05) is 6.07 Å². The maximum Gasteiger partial charge on any atom is 0.307 e. The molecule has 138 valence electrons. The van der Waals surface area contributed by atoms with Crippen molar-refractivity contribution >= 4 is 17.8 Å². The predicted molar refractivity (Wildman–Crippen MR) is 105 cm³/mol. The number of nitrogens with one attached hydrogen (secondary N) is 1. The Balaban J connectivity index is 1.81. The summed E-state index contributed by atoms with van der Waals surface area (Å²) in [5.41, 5.74) is 6.22. The molecule has 0 aliphatic carbocycles. The molecule has 1 aliphatic rings. The molecule has 3 rings (SSSR count). The first-order chi connectivity index (χ1) is 12.3. The minimum Gasteiger partial charge on any atom is -0.459 e. The van der Waals surface area contributed by atoms with Gasteiger partial charge in [0.1, 0.15) is 0 Å². The number of carbonyl (C=O) groups is 1. The molecule has 5 heteroatoms. The fourth-order valence-electron chi connectivity index (χ4n) is 4.16. The van der Waals surface area contributed by atoms with Crippen LogP contribution in [0.15, 0.2) is 46.1 Å². The highest BCUT2D eigenvalue weighted by Crippen LogP contribution is 2.44. The van der Waals surface area contributed by atoms with E-state index in [0.29, 0.717) is 12.0 Å². The molecule has 1 aromatic carbocycles. The highest BCUT2D eigenvalue weighted by Gasteiger charge is 2.37. The number of fused-ring (bicyclic) bond motifs is 1. The van der Waals surface area contributed by atoms with Crippen molar-refractivity contribution in [1.29, 1.82) is 0 Å². The lowest BCUT2D eigenvalue weighted by atomic mass is 9.79. The molecule has 1 aliphatic heterocycles. The van der Waals surface area contributed by atoms with Crippen molar-refractivity contribution in [2.45, 2.75) is 58.5 Å². The Bertz CT molecular complexity index is 807. The molecule has 0 saturated heterocycles. The molecule has 5 nitrogen and oxygen atoms in total. The Morgan fingerprint density at radius 3 is 2.81 bits per heavy atom. The number of furan rings is 1. The molecule has 0 saturated carbocycles. The number of carbonyl (C=O) groups excluding carboxylic acids is 1. The summed E-state index contributed by atoms with van der Waals surface area (Å²) in [4.78, 5) is 14.3. The second-order valence-electron chi connectivity index (χ2n) is 7.88. The van der Waals surface area contributed by atoms with Gasteiger partial charge < -0.3 is 9.32 Å². The zero-order valence-electron chi connectivity index (χ0n) is 16.1. The maximum atomic E-state index is 11.8. The third kappa shape index (κ3) is 3.52. The van der Waals surface area contributed by atoms with E-state index in [1.165, 1.54) is 17.5 Å². The number of rotatable bonds is 4. The highest BCUT2D eigenvalue weighted by atomic mass is 16.3. The number of hydrazone groups is 1. The fourth-order valence-corrected chi connectivity index (χ4v) is 4.16. The van der Waals surface area contributed by atoms with Crippen molar-refractivity contribution in [3.63, 3.8) is 0 Å². The summed E-state index contributed by atoms with van der Waals surface area (Å²) in [6.45, 7) is 11.4. The van der Waals surface area contributed by atoms with E-state index in [9.17, 15) is 4.79 Å². The first kappa shape index (κ1) is 18.2. The van der Waals surface area contributed by atoms with Crippen LogP contribution in [0.3, 0.4) is 0 Å². The van der Waals surface area contributed by atoms with E-state index >= 15 is 0 Å². The van der Waals surface area contributed by atoms with Crippen LogP contribution in [0.25, 0.3) is 0 Å². The molecule has 0 unspecified atom stereocenters. The first-order valence-corrected chi connectivity index (χ1v) is 9.10. The second kappa shape index (κ2) is 6.98. The lowest BCUT2D eigenvalue weighted by Crippen LogP contribution is -2.51. The lowest BCUT2D eigenvalue weighted by molar-refractivity contribution is 0.0927. The Morgan fingerprint density at radius 2 is 2.15 bits per heavy atom. The molecule has 1 N–H and O–H groups in total. The smallest absolute Gasteiger partial charge is 0.307 e. The Labute approximate surface area is 155 Å². The van der Waals surface area contributed by atoms with Crippen molar-refractivity contribution in [3.8, 4) is 0 Å². The van der Waals surface area contributed by atoms with Crippen LogP contribution in [0.1, 0.15) is 68.6 Å². The summed E-state index contributed by atoms with van der Waals surface area (Å²) in [5.74, 6) is 0.363. The van der Waals surface area contributed by atoms with Crippen molar-refractivity contribution in [1.82, 2.24) is 5.43 Å². The number of hydrogen-bond donors (Lipinski definition) is 1. The average Bonchev–Trinajstić information content (AvgIpc) is 3.08. The monoisotopic (exact) mass is 353 g/mol. The van der Waals surface area contributed by atoms with Crippen LogP contribution < -0.4 is 10.3 Å². The van der Waals surface area contributed by atoms with Gasteiger partial charge in [0, 0.05) is 17.3 Å². The number of benzene rings is 1. The number of anilines is 1. The molecular formula is C21H27N3O2. The number of hydrogen-bond acceptors (Lipinski definition) is 4. The standard InChI is InChI=1S/C21H27N3O2/c1-14(2)24-18-9-8-16(11-17(18)15(3)12-21(24,4)5)13-22-23-20(25)19-7-6-10-26-19/h6-11,13-15H,12H2,1-5H3,(H,23,25)/b22-13+/t15-/m1/s1. The van der Waals surface area contributed by atoms with E-state index in [-0.39, 0.29) is 17.2 Å². The highest BCUT2D eigenvalue weighted by molar-refractivity contribution is 5.92. The van der Waals surface area contributed by atoms with Gasteiger partial charge in [-0.05, 0) is 75.4 Å². The molecule has 2 aromatic rings. The van der Waals surface area contributed by atoms with Gasteiger partial charge in [0.15, 0.2) is 5.76 Å². The Hall–Kier alpha value is -2.56. The summed E-state index contributed by atoms with van der Waals surface area (Å²) in [6.07, 6.45) is 4.24. The molecule has 1 aromatic heterocycles. The normalized spacial score (nSPS) is 19.0. The molecule has 0 spiro atoms. The van der Waals surface area contributed by atoms with Crippen LogP contribution in [-0.4, -0.2) is 23.7 Å². The average molecular weight is 353 g/mol. The molecule has 1 amide bonds. The maximum absolute atomic E-state index is 11.8. The third-order valence-corrected chi connectivity index (χ3v) is 4.94. The zero-order valence-corrected chi connectivity index (χ0v) is 16.1. The fraction of sp³-hybridized carbons (Fsp3) is 0.429. The Kier molecular flexibility index (Phi) is 4.90. The topological polar surface area (TPSA) is 57.8 Å². The van der Waals surface area contributed by atoms with Crippen molar-refractivity contribution in [3.05, 3.63) is 53.5 Å². The quantitative estimate of drug-likeness (QED) is 0.648. The van der Waals surface area contributed by atoms with Crippen molar-refractivity contribution < 1.29 is 9.21 Å². The van der Waals surface area contributed by atoms with Crippen LogP contribution in [-0.2, 0) is 0 Å². The van der Waals surface area contributed by atoms with Gasteiger partial charge in [-0.3, -0.25) is 4.79 Å². The van der Waals surface area contributed by atoms with Gasteiger partial charge in [-0.15, -0.1) is 0 Å². The zero-order chi connectivity index (χ0) is 18.9. The molecule has 0 bridgehead atoms. The Morgan fingerprint density at radius 1 is 1.38 bits per heavy atom. The van der Waals surface area contributed by atoms with E-state index in [4.69, 9.17) is 4.42 Å². The molecule has 2 heterocycles. The summed E-state index contributed by atoms with van der Waals surface area (Å²) in [6, 6.07) is 10.1. The number of amides is 1. The molecule has 0 radical (unpaired) electrons. The van der Waals surface area contributed by atoms with Gasteiger partial charge in [-0.25, -0.2) is 5.43 Å². The van der Waals surface area contributed by atoms with Gasteiger partial charge in [-0.2, -0.15) is 5.10 Å². The van der Waals surface area contributed by atoms with Crippen LogP contribution in [0.2, 0.25) is 0 Å². The van der Waals surface area contributed by atoms with E-state index in [1.54, 1.807) is 18.3 Å². The van der Waals surface area contributed by atoms with E-state index < -0.39 is 0 Å². The van der Waals surface area contributed by atoms with Gasteiger partial charge >= 0.3 is 5.91 Å². The van der Waals surface area contributed by atoms with E-state index in [0.717, 1.165) is 12.0 Å². The van der Waals surface area contributed by atoms with Crippen LogP contribution >= 0.6 is 0 Å². The van der Waals surface area contributed by atoms with Crippen LogP contribution in [0.5, 0.6) is 0 Å². The van der Waals surface area contributed by atoms with Crippen molar-refractivity contribution in [2.75, 3.05) is 4.90 Å². The number of nitrogens with zero attached hydrogens (tertiary/aromatic N) is 2. The summed E-state index contributed by atoms with van der Waals surface area (Å²) in [7, 11) is 0. The van der Waals surface area contributed by atoms with Crippen molar-refractivity contribution in [2.24, 2.45) is 5.10 Å². The largest absolute Gasteiger partial charge is 0.459 e. The molecule has 1 atom stereocenters. The summed E-state index contributed by atoms with van der Waals surface area (Å²) in [5, 5.41) is 4.06. The molecular weight excluding hydrogens is 326 g/mol. The van der Waals surface area contributed by atoms with Crippen LogP contribution in [0, 0.1) is 0 Å². The van der Waals surface area contributed by atoms with Crippen LogP contribution in [0.4, 0.5) is 5.69 Å². The molecule has 0 fully saturated rings. The van der Waals surface area contributed by atoms with Gasteiger partial charge in [0.05, 0.1) is 12.5 Å². The summed E-state index contributed by atoms with van der Waals surface area (Å²) >= 11 is 0. The van der Waals surface area contributed by atoms with Gasteiger partial charge in [0.2, 0.25) is 0 Å². The summed E-state index contributed by atoms with van der Waals surface area (Å²) < 4.78 is 5.05. The minimum atomic E-state index is -0.356.